The maximum atomic E-state index is 11.9. The number of rotatable bonds is 7. The fraction of sp³-hybridized carbons (Fsp3) is 0.200. The number of hydrogen-bond donors (Lipinski definition) is 1. The van der Waals surface area contributed by atoms with Crippen molar-refractivity contribution in [3.8, 4) is 11.5 Å². The number of nitro benzene ring substituents is 1. The van der Waals surface area contributed by atoms with E-state index in [-0.39, 0.29) is 22.8 Å². The molecule has 0 amide bonds. The van der Waals surface area contributed by atoms with Crippen molar-refractivity contribution < 1.29 is 28.7 Å². The van der Waals surface area contributed by atoms with Crippen LogP contribution in [0.5, 0.6) is 11.5 Å². The first-order valence-electron chi connectivity index (χ1n) is 8.43. The Bertz CT molecular complexity index is 983. The Balaban J connectivity index is 2.45. The highest BCUT2D eigenvalue weighted by molar-refractivity contribution is 5.98. The number of carbonyl (C=O) groups is 2. The maximum absolute atomic E-state index is 11.9. The average molecular weight is 400 g/mol. The molecular formula is C20H20N2O7. The van der Waals surface area contributed by atoms with Crippen molar-refractivity contribution in [2.75, 3.05) is 19.5 Å². The molecule has 2 rings (SSSR count). The summed E-state index contributed by atoms with van der Waals surface area (Å²) in [5.41, 5.74) is 1.44. The Morgan fingerprint density at radius 1 is 1.07 bits per heavy atom. The highest BCUT2D eigenvalue weighted by Gasteiger charge is 2.17. The van der Waals surface area contributed by atoms with Gasteiger partial charge in [0.15, 0.2) is 0 Å². The Hall–Kier alpha value is -3.88. The van der Waals surface area contributed by atoms with Gasteiger partial charge in [-0.1, -0.05) is 12.1 Å². The van der Waals surface area contributed by atoms with Crippen LogP contribution in [0.3, 0.4) is 0 Å². The predicted molar refractivity (Wildman–Crippen MR) is 105 cm³/mol. The number of hydrogen-bond acceptors (Lipinski definition) is 8. The third-order valence-corrected chi connectivity index (χ3v) is 3.82. The molecular weight excluding hydrogens is 380 g/mol. The van der Waals surface area contributed by atoms with Crippen molar-refractivity contribution in [3.05, 3.63) is 69.4 Å². The summed E-state index contributed by atoms with van der Waals surface area (Å²) in [7, 11) is 2.29. The molecule has 0 unspecified atom stereocenters. The highest BCUT2D eigenvalue weighted by Crippen LogP contribution is 2.32. The van der Waals surface area contributed by atoms with E-state index in [1.54, 1.807) is 6.07 Å². The van der Waals surface area contributed by atoms with Crippen LogP contribution in [0.2, 0.25) is 0 Å². The fourth-order valence-electron chi connectivity index (χ4n) is 2.35. The van der Waals surface area contributed by atoms with Gasteiger partial charge in [-0.15, -0.1) is 0 Å². The third kappa shape index (κ3) is 5.80. The monoisotopic (exact) mass is 400 g/mol. The molecule has 0 bridgehead atoms. The van der Waals surface area contributed by atoms with Crippen LogP contribution in [0.25, 0.3) is 0 Å². The van der Waals surface area contributed by atoms with Crippen molar-refractivity contribution >= 4 is 23.3 Å². The molecule has 0 aromatic heterocycles. The van der Waals surface area contributed by atoms with Gasteiger partial charge in [-0.2, -0.15) is 0 Å². The first-order chi connectivity index (χ1) is 13.7. The largest absolute Gasteiger partial charge is 0.466 e. The number of aryl methyl sites for hydroxylation is 2. The van der Waals surface area contributed by atoms with E-state index in [2.05, 4.69) is 14.8 Å². The van der Waals surface area contributed by atoms with Gasteiger partial charge in [0.05, 0.1) is 31.3 Å². The van der Waals surface area contributed by atoms with Gasteiger partial charge in [0.1, 0.15) is 17.2 Å². The van der Waals surface area contributed by atoms with Crippen LogP contribution < -0.4 is 10.1 Å². The van der Waals surface area contributed by atoms with E-state index in [4.69, 9.17) is 4.74 Å². The van der Waals surface area contributed by atoms with Gasteiger partial charge < -0.3 is 19.5 Å². The van der Waals surface area contributed by atoms with Crippen LogP contribution in [-0.2, 0) is 19.1 Å². The van der Waals surface area contributed by atoms with Gasteiger partial charge in [-0.25, -0.2) is 9.59 Å². The van der Waals surface area contributed by atoms with Crippen LogP contribution in [0, 0.1) is 24.0 Å². The lowest BCUT2D eigenvalue weighted by Crippen LogP contribution is -2.15. The van der Waals surface area contributed by atoms with E-state index in [1.807, 2.05) is 26.0 Å². The highest BCUT2D eigenvalue weighted by atomic mass is 16.6. The van der Waals surface area contributed by atoms with E-state index >= 15 is 0 Å². The predicted octanol–water partition coefficient (Wildman–Crippen LogP) is 3.65. The molecule has 2 aromatic rings. The molecule has 0 spiro atoms. The zero-order chi connectivity index (χ0) is 21.6. The maximum Gasteiger partial charge on any atom is 0.354 e. The van der Waals surface area contributed by atoms with E-state index < -0.39 is 16.9 Å². The van der Waals surface area contributed by atoms with E-state index in [9.17, 15) is 19.7 Å². The number of anilines is 1. The number of nitro groups is 1. The molecule has 0 saturated heterocycles. The molecule has 0 aliphatic heterocycles. The summed E-state index contributed by atoms with van der Waals surface area (Å²) < 4.78 is 14.9. The van der Waals surface area contributed by atoms with Crippen LogP contribution in [0.1, 0.15) is 11.1 Å². The number of nitrogens with zero attached hydrogens (tertiary/aromatic N) is 1. The molecule has 0 saturated carbocycles. The molecule has 0 heterocycles. The van der Waals surface area contributed by atoms with Crippen molar-refractivity contribution in [1.82, 2.24) is 0 Å². The van der Waals surface area contributed by atoms with Gasteiger partial charge in [-0.3, -0.25) is 10.1 Å². The molecule has 0 radical (unpaired) electrons. The van der Waals surface area contributed by atoms with Crippen LogP contribution in [-0.4, -0.2) is 31.1 Å². The second kappa shape index (κ2) is 9.36. The molecule has 9 nitrogen and oxygen atoms in total. The number of nitrogens with one attached hydrogen (secondary N) is 1. The zero-order valence-electron chi connectivity index (χ0n) is 16.3. The van der Waals surface area contributed by atoms with Gasteiger partial charge in [0, 0.05) is 17.8 Å². The molecule has 9 heteroatoms. The summed E-state index contributed by atoms with van der Waals surface area (Å²) in [6, 6.07) is 9.51. The minimum Gasteiger partial charge on any atom is -0.466 e. The Kier molecular flexibility index (Phi) is 6.91. The number of methoxy groups -OCH3 is 2. The molecule has 0 aliphatic rings. The van der Waals surface area contributed by atoms with E-state index in [0.29, 0.717) is 5.75 Å². The Labute approximate surface area is 167 Å². The van der Waals surface area contributed by atoms with Gasteiger partial charge in [0.25, 0.3) is 5.69 Å². The number of benzene rings is 2. The molecule has 29 heavy (non-hydrogen) atoms. The minimum absolute atomic E-state index is 0.153. The van der Waals surface area contributed by atoms with Gasteiger partial charge in [0.2, 0.25) is 0 Å². The Morgan fingerprint density at radius 3 is 2.41 bits per heavy atom. The summed E-state index contributed by atoms with van der Waals surface area (Å²) in [5, 5.41) is 14.0. The summed E-state index contributed by atoms with van der Waals surface area (Å²) in [5.74, 6) is -0.929. The molecule has 0 aliphatic carbocycles. The van der Waals surface area contributed by atoms with Crippen LogP contribution in [0.4, 0.5) is 11.4 Å². The average Bonchev–Trinajstić information content (AvgIpc) is 2.69. The summed E-state index contributed by atoms with van der Waals surface area (Å²) in [6.45, 7) is 3.74. The summed E-state index contributed by atoms with van der Waals surface area (Å²) in [4.78, 5) is 34.2. The quantitative estimate of drug-likeness (QED) is 0.324. The van der Waals surface area contributed by atoms with Crippen molar-refractivity contribution in [2.45, 2.75) is 13.8 Å². The lowest BCUT2D eigenvalue weighted by molar-refractivity contribution is -0.384. The normalized spacial score (nSPS) is 10.8. The molecule has 152 valence electrons. The summed E-state index contributed by atoms with van der Waals surface area (Å²) >= 11 is 0. The van der Waals surface area contributed by atoms with Crippen LogP contribution >= 0.6 is 0 Å². The minimum atomic E-state index is -0.848. The first-order valence-corrected chi connectivity index (χ1v) is 8.43. The van der Waals surface area contributed by atoms with Crippen LogP contribution in [0.15, 0.2) is 48.2 Å². The molecule has 1 N–H and O–H groups in total. The van der Waals surface area contributed by atoms with E-state index in [0.717, 1.165) is 31.4 Å². The smallest absolute Gasteiger partial charge is 0.354 e. The molecule has 0 fully saturated rings. The standard InChI is InChI=1S/C20H20N2O7/c1-12-5-6-13(2)18(7-12)29-16-9-14(8-15(10-16)22(25)26)21-17(20(24)28-4)11-19(23)27-3/h5-11,21H,1-4H3/b17-11+. The van der Waals surface area contributed by atoms with Crippen molar-refractivity contribution in [3.63, 3.8) is 0 Å². The second-order valence-corrected chi connectivity index (χ2v) is 6.04. The number of carbonyl (C=O) groups excluding carboxylic acids is 2. The summed E-state index contributed by atoms with van der Waals surface area (Å²) in [6.07, 6.45) is 0.885. The van der Waals surface area contributed by atoms with E-state index in [1.165, 1.54) is 18.2 Å². The number of ether oxygens (including phenoxy) is 3. The SMILES string of the molecule is COC(=O)/C=C(/Nc1cc(Oc2cc(C)ccc2C)cc([N+](=O)[O-])c1)C(=O)OC. The Morgan fingerprint density at radius 2 is 1.79 bits per heavy atom. The fourth-order valence-corrected chi connectivity index (χ4v) is 2.35. The number of non-ortho nitro benzene ring substituents is 1. The number of esters is 2. The lowest BCUT2D eigenvalue weighted by Gasteiger charge is -2.13. The topological polar surface area (TPSA) is 117 Å². The van der Waals surface area contributed by atoms with Crippen molar-refractivity contribution in [2.24, 2.45) is 0 Å². The second-order valence-electron chi connectivity index (χ2n) is 6.04. The van der Waals surface area contributed by atoms with Gasteiger partial charge >= 0.3 is 11.9 Å². The zero-order valence-corrected chi connectivity index (χ0v) is 16.3. The first kappa shape index (κ1) is 21.4. The van der Waals surface area contributed by atoms with Crippen molar-refractivity contribution in [1.29, 1.82) is 0 Å². The third-order valence-electron chi connectivity index (χ3n) is 3.82. The lowest BCUT2D eigenvalue weighted by atomic mass is 10.1. The van der Waals surface area contributed by atoms with Gasteiger partial charge in [-0.05, 0) is 31.0 Å². The molecule has 0 atom stereocenters. The molecule has 2 aromatic carbocycles.